The lowest BCUT2D eigenvalue weighted by molar-refractivity contribution is -0.193. The van der Waals surface area contributed by atoms with E-state index in [1.54, 1.807) is 17.8 Å². The second kappa shape index (κ2) is 15.9. The molecule has 6 N–H and O–H groups in total. The van der Waals surface area contributed by atoms with Crippen LogP contribution in [-0.2, 0) is 36.3 Å². The van der Waals surface area contributed by atoms with Crippen LogP contribution in [0.15, 0.2) is 53.6 Å². The Labute approximate surface area is 283 Å². The van der Waals surface area contributed by atoms with Crippen LogP contribution in [0.4, 0.5) is 26.3 Å². The molecule has 1 aliphatic rings. The minimum Gasteiger partial charge on any atom is -0.508 e. The second-order valence-corrected chi connectivity index (χ2v) is 11.5. The quantitative estimate of drug-likeness (QED) is 0.180. The summed E-state index contributed by atoms with van der Waals surface area (Å²) in [4.78, 5) is 37.8. The number of aliphatic hydroxyl groups is 1. The summed E-state index contributed by atoms with van der Waals surface area (Å²) >= 11 is 6.25. The van der Waals surface area contributed by atoms with Crippen molar-refractivity contribution in [2.24, 2.45) is 12.8 Å². The lowest BCUT2D eigenvalue weighted by Crippen LogP contribution is -2.47. The lowest BCUT2D eigenvalue weighted by Gasteiger charge is -2.38. The molecule has 1 saturated heterocycles. The number of carbonyl (C=O) groups is 2. The summed E-state index contributed by atoms with van der Waals surface area (Å²) in [6.07, 6.45) is -7.65. The highest BCUT2D eigenvalue weighted by Crippen LogP contribution is 2.29. The molecule has 0 aliphatic carbocycles. The molecule has 1 fully saturated rings. The molecule has 2 aromatic carbocycles. The number of fused-ring (bicyclic) bond motifs is 1. The fourth-order valence-electron chi connectivity index (χ4n) is 4.84. The van der Waals surface area contributed by atoms with Crippen LogP contribution < -0.4 is 11.3 Å². The Morgan fingerprint density at radius 1 is 0.960 bits per heavy atom. The molecule has 0 radical (unpaired) electrons. The van der Waals surface area contributed by atoms with Gasteiger partial charge in [0.1, 0.15) is 11.3 Å². The van der Waals surface area contributed by atoms with Gasteiger partial charge >= 0.3 is 24.3 Å². The Bertz CT molecular complexity index is 1850. The number of piperidine rings is 1. The molecule has 272 valence electrons. The number of likely N-dealkylation sites (tertiary alicyclic amines) is 1. The number of rotatable bonds is 6. The largest absolute Gasteiger partial charge is 0.508 e. The summed E-state index contributed by atoms with van der Waals surface area (Å²) < 4.78 is 66.6. The van der Waals surface area contributed by atoms with Crippen molar-refractivity contribution in [1.29, 1.82) is 0 Å². The van der Waals surface area contributed by atoms with E-state index in [1.807, 2.05) is 30.3 Å². The normalized spacial score (nSPS) is 14.7. The molecule has 0 spiro atoms. The van der Waals surface area contributed by atoms with Crippen molar-refractivity contribution in [3.63, 3.8) is 0 Å². The van der Waals surface area contributed by atoms with Crippen LogP contribution in [-0.4, -0.2) is 87.6 Å². The molecular weight excluding hydrogens is 706 g/mol. The van der Waals surface area contributed by atoms with Crippen molar-refractivity contribution in [3.05, 3.63) is 75.3 Å². The van der Waals surface area contributed by atoms with Gasteiger partial charge in [-0.25, -0.2) is 14.6 Å². The van der Waals surface area contributed by atoms with E-state index in [0.717, 1.165) is 22.4 Å². The van der Waals surface area contributed by atoms with Crippen LogP contribution in [0.3, 0.4) is 0 Å². The summed E-state index contributed by atoms with van der Waals surface area (Å²) in [6, 6.07) is 12.8. The van der Waals surface area contributed by atoms with Crippen LogP contribution in [0.5, 0.6) is 5.75 Å². The molecular formula is C30H31ClF6N6O7. The molecule has 0 bridgehead atoms. The average Bonchev–Trinajstić information content (AvgIpc) is 3.37. The number of alkyl halides is 6. The minimum absolute atomic E-state index is 0.136. The topological polar surface area (TPSA) is 197 Å². The Kier molecular flexibility index (Phi) is 12.6. The molecule has 3 heterocycles. The van der Waals surface area contributed by atoms with Crippen LogP contribution in [0.25, 0.3) is 22.3 Å². The van der Waals surface area contributed by atoms with E-state index in [4.69, 9.17) is 37.1 Å². The number of aromatic hydroxyl groups is 1. The van der Waals surface area contributed by atoms with Gasteiger partial charge in [0.05, 0.1) is 24.2 Å². The van der Waals surface area contributed by atoms with Gasteiger partial charge in [-0.05, 0) is 36.1 Å². The van der Waals surface area contributed by atoms with E-state index in [1.165, 1.54) is 17.0 Å². The summed E-state index contributed by atoms with van der Waals surface area (Å²) in [5.74, 6) is -5.38. The highest BCUT2D eigenvalue weighted by atomic mass is 35.5. The molecule has 13 nitrogen and oxygen atoms in total. The van der Waals surface area contributed by atoms with Crippen molar-refractivity contribution in [2.75, 3.05) is 13.1 Å². The number of phenolic OH excluding ortho intramolecular Hbond substituents is 1. The summed E-state index contributed by atoms with van der Waals surface area (Å²) in [6.45, 7) is 2.56. The predicted molar refractivity (Wildman–Crippen MR) is 166 cm³/mol. The average molecular weight is 737 g/mol. The first kappa shape index (κ1) is 39.7. The number of nitrogens with two attached hydrogens (primary N) is 1. The zero-order valence-corrected chi connectivity index (χ0v) is 26.8. The van der Waals surface area contributed by atoms with E-state index in [-0.39, 0.29) is 23.4 Å². The number of aryl methyl sites for hydroxylation is 1. The number of carboxylic acids is 2. The standard InChI is InChI=1S/C26H29ClN6O3.2C2HF3O2/c1-31-24(18-4-2-17(13-28)3-5-18)22-23(30-31)25(35)33(16-29-22)15-26(36)8-10-32(11-9-26)14-19-6-7-20(34)12-21(19)27;2*3-2(4,5)1(6)7/h2-7,12,16,34,36H,8-11,13-15,28H2,1H3;2*(H,6,7). The highest BCUT2D eigenvalue weighted by Gasteiger charge is 2.39. The zero-order valence-electron chi connectivity index (χ0n) is 26.0. The smallest absolute Gasteiger partial charge is 0.490 e. The summed E-state index contributed by atoms with van der Waals surface area (Å²) in [5.41, 5.74) is 8.83. The molecule has 50 heavy (non-hydrogen) atoms. The number of benzene rings is 2. The molecule has 0 atom stereocenters. The van der Waals surface area contributed by atoms with Crippen LogP contribution in [0, 0.1) is 0 Å². The molecule has 0 unspecified atom stereocenters. The lowest BCUT2D eigenvalue weighted by atomic mass is 9.91. The van der Waals surface area contributed by atoms with Gasteiger partial charge in [-0.3, -0.25) is 18.9 Å². The van der Waals surface area contributed by atoms with E-state index in [9.17, 15) is 41.4 Å². The van der Waals surface area contributed by atoms with Gasteiger partial charge in [0.25, 0.3) is 5.56 Å². The summed E-state index contributed by atoms with van der Waals surface area (Å²) in [5, 5.41) is 40.1. The van der Waals surface area contributed by atoms with Crippen molar-refractivity contribution >= 4 is 34.6 Å². The maximum atomic E-state index is 13.3. The fourth-order valence-corrected chi connectivity index (χ4v) is 5.07. The minimum atomic E-state index is -5.08. The van der Waals surface area contributed by atoms with Crippen LogP contribution in [0.2, 0.25) is 5.02 Å². The molecule has 20 heteroatoms. The summed E-state index contributed by atoms with van der Waals surface area (Å²) in [7, 11) is 1.79. The van der Waals surface area contributed by atoms with Gasteiger partial charge in [-0.15, -0.1) is 0 Å². The molecule has 1 aliphatic heterocycles. The van der Waals surface area contributed by atoms with Crippen molar-refractivity contribution in [1.82, 2.24) is 24.2 Å². The third-order valence-corrected chi connectivity index (χ3v) is 7.79. The van der Waals surface area contributed by atoms with Crippen LogP contribution in [0.1, 0.15) is 24.0 Å². The maximum Gasteiger partial charge on any atom is 0.490 e. The van der Waals surface area contributed by atoms with Gasteiger partial charge in [0.15, 0.2) is 5.52 Å². The zero-order chi connectivity index (χ0) is 37.6. The second-order valence-electron chi connectivity index (χ2n) is 11.1. The van der Waals surface area contributed by atoms with Gasteiger partial charge in [0.2, 0.25) is 0 Å². The van der Waals surface area contributed by atoms with Crippen molar-refractivity contribution in [2.45, 2.75) is 50.4 Å². The number of phenols is 1. The maximum absolute atomic E-state index is 13.3. The van der Waals surface area contributed by atoms with E-state index < -0.39 is 29.9 Å². The Hall–Kier alpha value is -4.72. The SMILES string of the molecule is Cn1nc2c(=O)n(CC3(O)CCN(Cc4ccc(O)cc4Cl)CC3)cnc2c1-c1ccc(CN)cc1.O=C(O)C(F)(F)F.O=C(O)C(F)(F)F. The number of aliphatic carboxylic acids is 2. The number of halogens is 7. The fraction of sp³-hybridized carbons (Fsp3) is 0.367. The van der Waals surface area contributed by atoms with Gasteiger partial charge < -0.3 is 26.2 Å². The van der Waals surface area contributed by atoms with Gasteiger partial charge in [-0.1, -0.05) is 41.9 Å². The first-order valence-corrected chi connectivity index (χ1v) is 14.8. The molecule has 0 amide bonds. The number of aromatic nitrogens is 4. The van der Waals surface area contributed by atoms with Crippen molar-refractivity contribution in [3.8, 4) is 17.0 Å². The van der Waals surface area contributed by atoms with E-state index >= 15 is 0 Å². The first-order chi connectivity index (χ1) is 23.1. The van der Waals surface area contributed by atoms with Gasteiger partial charge in [-0.2, -0.15) is 31.4 Å². The molecule has 2 aromatic heterocycles. The Balaban J connectivity index is 0.000000408. The molecule has 0 saturated carbocycles. The third kappa shape index (κ3) is 10.4. The molecule has 5 rings (SSSR count). The third-order valence-electron chi connectivity index (χ3n) is 7.44. The van der Waals surface area contributed by atoms with Crippen LogP contribution >= 0.6 is 11.6 Å². The van der Waals surface area contributed by atoms with Gasteiger partial charge in [0, 0.05) is 43.8 Å². The number of hydrogen-bond acceptors (Lipinski definition) is 9. The van der Waals surface area contributed by atoms with Crippen molar-refractivity contribution < 1.29 is 56.4 Å². The van der Waals surface area contributed by atoms with E-state index in [0.29, 0.717) is 49.6 Å². The Morgan fingerprint density at radius 2 is 1.50 bits per heavy atom. The molecule has 4 aromatic rings. The first-order valence-electron chi connectivity index (χ1n) is 14.4. The number of carboxylic acid groups (broad SMARTS) is 2. The Morgan fingerprint density at radius 3 is 1.98 bits per heavy atom. The van der Waals surface area contributed by atoms with E-state index in [2.05, 4.69) is 15.0 Å². The number of hydrogen-bond donors (Lipinski definition) is 5. The predicted octanol–water partition coefficient (Wildman–Crippen LogP) is 3.91. The number of nitrogens with zero attached hydrogens (tertiary/aromatic N) is 5. The highest BCUT2D eigenvalue weighted by molar-refractivity contribution is 6.31. The monoisotopic (exact) mass is 736 g/mol.